The zero-order valence-corrected chi connectivity index (χ0v) is 60.4. The Labute approximate surface area is 572 Å². The number of carbonyl (C=O) groups is 2. The first-order valence-corrected chi connectivity index (χ1v) is 39.4. The van der Waals surface area contributed by atoms with Crippen LogP contribution in [0.25, 0.3) is 0 Å². The smallest absolute Gasteiger partial charge is 0.306 e. The molecule has 0 aromatic heterocycles. The fraction of sp³-hybridized carbons (Fsp3) is 0.805. The van der Waals surface area contributed by atoms with Crippen LogP contribution in [0.4, 0.5) is 0 Å². The molecular weight excluding hydrogens is 1160 g/mol. The summed E-state index contributed by atoms with van der Waals surface area (Å²) >= 11 is 0. The maximum absolute atomic E-state index is 13.5. The lowest BCUT2D eigenvalue weighted by molar-refractivity contribution is -0.305. The average molecular weight is 1310 g/mol. The number of aliphatic hydroxyl groups is 5. The van der Waals surface area contributed by atoms with Gasteiger partial charge in [-0.3, -0.25) is 9.59 Å². The zero-order valence-electron chi connectivity index (χ0n) is 60.4. The summed E-state index contributed by atoms with van der Waals surface area (Å²) in [5.41, 5.74) is 0. The molecule has 0 radical (unpaired) electrons. The number of carbonyl (C=O) groups excluding carboxylic acids is 2. The van der Waals surface area contributed by atoms with E-state index >= 15 is 0 Å². The van der Waals surface area contributed by atoms with Gasteiger partial charge in [0, 0.05) is 6.42 Å². The molecule has 1 saturated heterocycles. The van der Waals surface area contributed by atoms with E-state index in [-0.39, 0.29) is 19.4 Å². The summed E-state index contributed by atoms with van der Waals surface area (Å²) in [5.74, 6) is -1.19. The largest absolute Gasteiger partial charge is 0.454 e. The lowest BCUT2D eigenvalue weighted by atomic mass is 9.99. The van der Waals surface area contributed by atoms with Crippen molar-refractivity contribution >= 4 is 11.9 Å². The molecular formula is C82H147NO10. The van der Waals surface area contributed by atoms with Crippen molar-refractivity contribution in [2.75, 3.05) is 13.2 Å². The Bertz CT molecular complexity index is 1840. The van der Waals surface area contributed by atoms with Gasteiger partial charge >= 0.3 is 5.97 Å². The summed E-state index contributed by atoms with van der Waals surface area (Å²) in [6, 6.07) is -1.03. The maximum atomic E-state index is 13.5. The van der Waals surface area contributed by atoms with E-state index < -0.39 is 67.4 Å². The third kappa shape index (κ3) is 55.5. The molecule has 93 heavy (non-hydrogen) atoms. The number of nitrogens with one attached hydrogen (secondary N) is 1. The Balaban J connectivity index is 2.52. The standard InChI is InChI=1S/C82H147NO10/c1-4-7-10-13-16-19-22-25-27-29-31-33-35-37-38-39-41-43-45-47-49-52-55-58-61-64-67-70-77(87)93-80-79(89)78(88)76(71-84)92-82(80)91-72-73(74(85)68-65-62-59-56-53-50-24-21-18-15-12-9-6-3)83-81(90)75(86)69-66-63-60-57-54-51-48-46-44-42-40-36-34-32-30-28-26-23-20-17-14-11-8-5-2/h16-17,19-20,25-28,31-34,65,68,73-76,78-80,82,84-86,88-89H,4-15,18,21-24,29-30,35-64,66-67,69-72H2,1-3H3,(H,83,90)/b19-16-,20-17-,27-25-,28-26-,33-31-,34-32-,68-65+. The number of allylic oxidation sites excluding steroid dienone is 13. The second-order valence-corrected chi connectivity index (χ2v) is 27.1. The van der Waals surface area contributed by atoms with Crippen molar-refractivity contribution in [2.24, 2.45) is 0 Å². The van der Waals surface area contributed by atoms with Gasteiger partial charge in [-0.25, -0.2) is 0 Å². The van der Waals surface area contributed by atoms with Crippen LogP contribution < -0.4 is 5.32 Å². The molecule has 0 aromatic rings. The van der Waals surface area contributed by atoms with Crippen molar-refractivity contribution in [1.82, 2.24) is 5.32 Å². The van der Waals surface area contributed by atoms with Crippen LogP contribution in [0.3, 0.4) is 0 Å². The molecule has 0 saturated carbocycles. The molecule has 1 heterocycles. The van der Waals surface area contributed by atoms with Crippen LogP contribution in [0.5, 0.6) is 0 Å². The number of amides is 1. The number of esters is 1. The molecule has 0 bridgehead atoms. The van der Waals surface area contributed by atoms with Crippen LogP contribution in [0, 0.1) is 0 Å². The summed E-state index contributed by atoms with van der Waals surface area (Å²) in [6.07, 6.45) is 81.9. The number of hydrogen-bond donors (Lipinski definition) is 6. The third-order valence-corrected chi connectivity index (χ3v) is 18.3. The van der Waals surface area contributed by atoms with E-state index in [0.29, 0.717) is 12.8 Å². The minimum atomic E-state index is -1.62. The van der Waals surface area contributed by atoms with E-state index in [1.165, 1.54) is 225 Å². The fourth-order valence-corrected chi connectivity index (χ4v) is 12.1. The van der Waals surface area contributed by atoms with Crippen LogP contribution in [-0.2, 0) is 23.8 Å². The van der Waals surface area contributed by atoms with Crippen LogP contribution in [0.15, 0.2) is 85.1 Å². The van der Waals surface area contributed by atoms with Gasteiger partial charge in [-0.2, -0.15) is 0 Å². The lowest BCUT2D eigenvalue weighted by Gasteiger charge is -2.41. The Morgan fingerprint density at radius 2 is 0.742 bits per heavy atom. The third-order valence-electron chi connectivity index (χ3n) is 18.3. The average Bonchev–Trinajstić information content (AvgIpc) is 0.844. The number of hydrogen-bond acceptors (Lipinski definition) is 10. The molecule has 11 nitrogen and oxygen atoms in total. The van der Waals surface area contributed by atoms with E-state index in [1.54, 1.807) is 6.08 Å². The Morgan fingerprint density at radius 3 is 1.13 bits per heavy atom. The van der Waals surface area contributed by atoms with Gasteiger partial charge in [0.15, 0.2) is 12.4 Å². The van der Waals surface area contributed by atoms with Crippen molar-refractivity contribution < 1.29 is 49.3 Å². The number of aliphatic hydroxyl groups excluding tert-OH is 5. The van der Waals surface area contributed by atoms with Crippen molar-refractivity contribution in [3.63, 3.8) is 0 Å². The molecule has 1 rings (SSSR count). The predicted octanol–water partition coefficient (Wildman–Crippen LogP) is 21.2. The van der Waals surface area contributed by atoms with Gasteiger partial charge in [0.05, 0.1) is 25.4 Å². The summed E-state index contributed by atoms with van der Waals surface area (Å²) in [7, 11) is 0. The molecule has 0 aliphatic carbocycles. The highest BCUT2D eigenvalue weighted by Crippen LogP contribution is 2.27. The van der Waals surface area contributed by atoms with Crippen LogP contribution in [0.1, 0.15) is 361 Å². The molecule has 1 aliphatic heterocycles. The normalized spacial score (nSPS) is 18.3. The van der Waals surface area contributed by atoms with Gasteiger partial charge < -0.3 is 45.1 Å². The number of unbranched alkanes of at least 4 members (excludes halogenated alkanes) is 42. The maximum Gasteiger partial charge on any atom is 0.306 e. The second kappa shape index (κ2) is 68.8. The van der Waals surface area contributed by atoms with E-state index in [9.17, 15) is 35.1 Å². The van der Waals surface area contributed by atoms with E-state index in [4.69, 9.17) is 14.2 Å². The SMILES string of the molecule is CCCCC/C=C\C/C=C\C/C=C\CCCCCCCCCCCCCCCCC(=O)OC1C(OCC(NC(=O)C(O)CCCCCCCCCCCCC/C=C\C/C=C\C/C=C\CCCCC)C(O)/C=C/CCCCCCCCCCCCC)OC(CO)C(O)C1O. The topological polar surface area (TPSA) is 175 Å². The summed E-state index contributed by atoms with van der Waals surface area (Å²) in [6.45, 7) is 5.79. The minimum Gasteiger partial charge on any atom is -0.454 e. The van der Waals surface area contributed by atoms with Crippen LogP contribution >= 0.6 is 0 Å². The van der Waals surface area contributed by atoms with Gasteiger partial charge in [-0.05, 0) is 103 Å². The Hall–Kier alpha value is -3.16. The minimum absolute atomic E-state index is 0.121. The molecule has 1 fully saturated rings. The number of rotatable bonds is 68. The summed E-state index contributed by atoms with van der Waals surface area (Å²) in [5, 5.41) is 57.5. The van der Waals surface area contributed by atoms with E-state index in [1.807, 2.05) is 6.08 Å². The molecule has 1 aliphatic rings. The summed E-state index contributed by atoms with van der Waals surface area (Å²) in [4.78, 5) is 26.8. The van der Waals surface area contributed by atoms with Crippen LogP contribution in [-0.4, -0.2) is 99.6 Å². The highest BCUT2D eigenvalue weighted by atomic mass is 16.7. The number of ether oxygens (including phenoxy) is 3. The Morgan fingerprint density at radius 1 is 0.419 bits per heavy atom. The molecule has 1 amide bonds. The lowest BCUT2D eigenvalue weighted by Crippen LogP contribution is -2.61. The van der Waals surface area contributed by atoms with Crippen molar-refractivity contribution in [3.05, 3.63) is 85.1 Å². The van der Waals surface area contributed by atoms with E-state index in [2.05, 4.69) is 99.0 Å². The first-order chi connectivity index (χ1) is 45.7. The first kappa shape index (κ1) is 87.9. The monoisotopic (exact) mass is 1310 g/mol. The molecule has 0 spiro atoms. The van der Waals surface area contributed by atoms with Gasteiger partial charge in [0.1, 0.15) is 24.4 Å². The molecule has 8 unspecified atom stereocenters. The second-order valence-electron chi connectivity index (χ2n) is 27.1. The Kier molecular flexibility index (Phi) is 65.0. The summed E-state index contributed by atoms with van der Waals surface area (Å²) < 4.78 is 17.8. The fourth-order valence-electron chi connectivity index (χ4n) is 12.1. The zero-order chi connectivity index (χ0) is 67.4. The molecule has 540 valence electrons. The quantitative estimate of drug-likeness (QED) is 0.0195. The predicted molar refractivity (Wildman–Crippen MR) is 393 cm³/mol. The molecule has 0 aromatic carbocycles. The van der Waals surface area contributed by atoms with Gasteiger partial charge in [-0.15, -0.1) is 0 Å². The van der Waals surface area contributed by atoms with Crippen molar-refractivity contribution in [3.8, 4) is 0 Å². The van der Waals surface area contributed by atoms with E-state index in [0.717, 1.165) is 89.9 Å². The molecule has 11 heteroatoms. The van der Waals surface area contributed by atoms with Gasteiger partial charge in [0.25, 0.3) is 0 Å². The van der Waals surface area contributed by atoms with Crippen molar-refractivity contribution in [1.29, 1.82) is 0 Å². The van der Waals surface area contributed by atoms with Crippen molar-refractivity contribution in [2.45, 2.75) is 410 Å². The highest BCUT2D eigenvalue weighted by molar-refractivity contribution is 5.80. The van der Waals surface area contributed by atoms with Gasteiger partial charge in [-0.1, -0.05) is 337 Å². The highest BCUT2D eigenvalue weighted by Gasteiger charge is 2.47. The molecule has 8 atom stereocenters. The molecule has 6 N–H and O–H groups in total. The van der Waals surface area contributed by atoms with Crippen LogP contribution in [0.2, 0.25) is 0 Å². The van der Waals surface area contributed by atoms with Gasteiger partial charge in [0.2, 0.25) is 5.91 Å². The first-order valence-electron chi connectivity index (χ1n) is 39.4.